The molecule has 0 aliphatic carbocycles. The van der Waals surface area contributed by atoms with Gasteiger partial charge in [0, 0.05) is 65.6 Å². The lowest BCUT2D eigenvalue weighted by Gasteiger charge is -2.24. The van der Waals surface area contributed by atoms with Crippen LogP contribution in [0.25, 0.3) is 121 Å². The van der Waals surface area contributed by atoms with E-state index < -0.39 is 34.6 Å². The van der Waals surface area contributed by atoms with Crippen LogP contribution in [-0.2, 0) is 12.4 Å². The molecule has 0 saturated carbocycles. The molecule has 4 heterocycles. The fourth-order valence-corrected chi connectivity index (χ4v) is 11.8. The molecule has 5 nitrogen and oxygen atoms in total. The molecule has 0 fully saturated rings. The Bertz CT molecular complexity index is 4670. The Balaban J connectivity index is 1.22. The lowest BCUT2D eigenvalue weighted by atomic mass is 9.90. The summed E-state index contributed by atoms with van der Waals surface area (Å²) >= 11 is 0. The number of benzene rings is 10. The molecule has 354 valence electrons. The van der Waals surface area contributed by atoms with E-state index >= 15 is 26.3 Å². The Morgan fingerprint density at radius 1 is 0.338 bits per heavy atom. The van der Waals surface area contributed by atoms with Crippen molar-refractivity contribution >= 4 is 87.2 Å². The molecule has 0 aliphatic heterocycles. The summed E-state index contributed by atoms with van der Waals surface area (Å²) in [6.45, 7) is 0. The van der Waals surface area contributed by atoms with Crippen LogP contribution in [0.4, 0.5) is 26.3 Å². The highest BCUT2D eigenvalue weighted by atomic mass is 19.4. The summed E-state index contributed by atoms with van der Waals surface area (Å²) < 4.78 is 102. The molecule has 4 aromatic heterocycles. The van der Waals surface area contributed by atoms with Gasteiger partial charge in [-0.25, -0.2) is 0 Å². The first-order valence-corrected chi connectivity index (χ1v) is 23.9. The van der Waals surface area contributed by atoms with Gasteiger partial charge in [-0.15, -0.1) is 0 Å². The Kier molecular flexibility index (Phi) is 9.20. The Hall–Kier alpha value is -9.53. The molecule has 11 heteroatoms. The van der Waals surface area contributed by atoms with Gasteiger partial charge in [-0.1, -0.05) is 133 Å². The van der Waals surface area contributed by atoms with Gasteiger partial charge in [-0.05, 0) is 78.9 Å². The van der Waals surface area contributed by atoms with E-state index in [9.17, 15) is 5.26 Å². The molecule has 0 unspecified atom stereocenters. The molecular formula is C63H35F6N5. The van der Waals surface area contributed by atoms with Crippen LogP contribution < -0.4 is 0 Å². The molecule has 0 N–H and O–H groups in total. The topological polar surface area (TPSA) is 43.5 Å². The number of hydrogen-bond acceptors (Lipinski definition) is 1. The minimum atomic E-state index is -5.23. The molecule has 0 spiro atoms. The summed E-state index contributed by atoms with van der Waals surface area (Å²) in [7, 11) is 0. The monoisotopic (exact) mass is 975 g/mol. The molecular weight excluding hydrogens is 941 g/mol. The predicted octanol–water partition coefficient (Wildman–Crippen LogP) is 17.7. The van der Waals surface area contributed by atoms with Gasteiger partial charge in [0.1, 0.15) is 11.6 Å². The van der Waals surface area contributed by atoms with Crippen LogP contribution >= 0.6 is 0 Å². The van der Waals surface area contributed by atoms with Crippen LogP contribution in [0.5, 0.6) is 0 Å². The summed E-state index contributed by atoms with van der Waals surface area (Å²) in [6, 6.07) is 66.0. The molecule has 0 atom stereocenters. The quantitative estimate of drug-likeness (QED) is 0.159. The number of aromatic nitrogens is 4. The highest BCUT2D eigenvalue weighted by Crippen LogP contribution is 2.51. The zero-order valence-electron chi connectivity index (χ0n) is 38.7. The first kappa shape index (κ1) is 43.3. The number of hydrogen-bond donors (Lipinski definition) is 0. The van der Waals surface area contributed by atoms with Crippen LogP contribution in [0.15, 0.2) is 212 Å². The van der Waals surface area contributed by atoms with Crippen LogP contribution in [-0.4, -0.2) is 18.3 Å². The van der Waals surface area contributed by atoms with Gasteiger partial charge in [-0.2, -0.15) is 31.6 Å². The largest absolute Gasteiger partial charge is 0.417 e. The standard InChI is InChI=1S/C63H35F6N5/c64-62(65,66)47-24-15-25-48(63(67,68)69)56(47)45-32-33-53(73-49-26-11-7-20-39(49)41-30-34-54-57(60(41)73)43-22-9-13-28-51(43)71(54)37-16-3-1-4-17-37)46(36-70)59(45)74-50-27-12-8-21-40(50)42-31-35-55-58(61(42)74)44-23-10-14-29-52(44)72(55)38-18-5-2-6-19-38/h1-35H. The lowest BCUT2D eigenvalue weighted by molar-refractivity contribution is -0.142. The number of para-hydroxylation sites is 6. The van der Waals surface area contributed by atoms with Crippen molar-refractivity contribution in [2.75, 3.05) is 0 Å². The normalized spacial score (nSPS) is 12.4. The van der Waals surface area contributed by atoms with Gasteiger partial charge >= 0.3 is 12.4 Å². The van der Waals surface area contributed by atoms with Gasteiger partial charge in [0.25, 0.3) is 0 Å². The van der Waals surface area contributed by atoms with Gasteiger partial charge in [0.05, 0.1) is 66.6 Å². The number of fused-ring (bicyclic) bond motifs is 14. The fraction of sp³-hybridized carbons (Fsp3) is 0.0317. The highest BCUT2D eigenvalue weighted by Gasteiger charge is 2.42. The van der Waals surface area contributed by atoms with E-state index in [1.165, 1.54) is 12.1 Å². The smallest absolute Gasteiger partial charge is 0.309 e. The van der Waals surface area contributed by atoms with E-state index in [1.54, 1.807) is 16.7 Å². The van der Waals surface area contributed by atoms with E-state index in [2.05, 4.69) is 21.3 Å². The third-order valence-corrected chi connectivity index (χ3v) is 14.6. The third-order valence-electron chi connectivity index (χ3n) is 14.6. The average molecular weight is 976 g/mol. The number of alkyl halides is 6. The van der Waals surface area contributed by atoms with E-state index in [-0.39, 0.29) is 16.9 Å². The van der Waals surface area contributed by atoms with Crippen LogP contribution in [0, 0.1) is 11.3 Å². The highest BCUT2D eigenvalue weighted by molar-refractivity contribution is 6.28. The molecule has 74 heavy (non-hydrogen) atoms. The second kappa shape index (κ2) is 15.7. The van der Waals surface area contributed by atoms with E-state index in [4.69, 9.17) is 0 Å². The van der Waals surface area contributed by atoms with Gasteiger partial charge in [0.2, 0.25) is 0 Å². The van der Waals surface area contributed by atoms with E-state index in [1.807, 2.05) is 168 Å². The maximum absolute atomic E-state index is 15.6. The predicted molar refractivity (Wildman–Crippen MR) is 284 cm³/mol. The molecule has 14 rings (SSSR count). The number of nitrogens with zero attached hydrogens (tertiary/aromatic N) is 5. The molecule has 0 bridgehead atoms. The number of nitriles is 1. The SMILES string of the molecule is N#Cc1c(-n2c3ccccc3c3ccc4c(c5ccccc5n4-c4ccccc4)c32)ccc(-c2c(C(F)(F)F)cccc2C(F)(F)F)c1-n1c2ccccc2c2ccc3c(c4ccccc4n3-c3ccccc3)c21. The second-order valence-electron chi connectivity index (χ2n) is 18.5. The van der Waals surface area contributed by atoms with E-state index in [0.29, 0.717) is 50.4 Å². The summed E-state index contributed by atoms with van der Waals surface area (Å²) in [5.74, 6) is 0. The molecule has 0 radical (unpaired) electrons. The van der Waals surface area contributed by atoms with Crippen molar-refractivity contribution in [3.8, 4) is 39.9 Å². The van der Waals surface area contributed by atoms with Crippen LogP contribution in [0.2, 0.25) is 0 Å². The summed E-state index contributed by atoms with van der Waals surface area (Å²) in [4.78, 5) is 0. The van der Waals surface area contributed by atoms with Crippen molar-refractivity contribution in [2.24, 2.45) is 0 Å². The zero-order chi connectivity index (χ0) is 50.2. The minimum Gasteiger partial charge on any atom is -0.309 e. The zero-order valence-corrected chi connectivity index (χ0v) is 38.7. The lowest BCUT2D eigenvalue weighted by Crippen LogP contribution is -2.16. The molecule has 0 saturated heterocycles. The Morgan fingerprint density at radius 2 is 0.743 bits per heavy atom. The van der Waals surface area contributed by atoms with Gasteiger partial charge < -0.3 is 18.3 Å². The van der Waals surface area contributed by atoms with Crippen molar-refractivity contribution in [1.82, 2.24) is 18.3 Å². The Morgan fingerprint density at radius 3 is 1.20 bits per heavy atom. The number of rotatable bonds is 5. The third kappa shape index (κ3) is 6.05. The summed E-state index contributed by atoms with van der Waals surface area (Å²) in [5, 5.41) is 18.4. The van der Waals surface area contributed by atoms with Crippen molar-refractivity contribution in [3.63, 3.8) is 0 Å². The van der Waals surface area contributed by atoms with Crippen molar-refractivity contribution in [1.29, 1.82) is 5.26 Å². The first-order valence-electron chi connectivity index (χ1n) is 23.9. The Labute approximate surface area is 416 Å². The fourth-order valence-electron chi connectivity index (χ4n) is 11.8. The van der Waals surface area contributed by atoms with Crippen LogP contribution in [0.3, 0.4) is 0 Å². The maximum atomic E-state index is 15.6. The average Bonchev–Trinajstić information content (AvgIpc) is 4.16. The van der Waals surface area contributed by atoms with Gasteiger partial charge in [-0.3, -0.25) is 0 Å². The van der Waals surface area contributed by atoms with Crippen molar-refractivity contribution < 1.29 is 26.3 Å². The summed E-state index contributed by atoms with van der Waals surface area (Å²) in [5.41, 5.74) is 3.06. The second-order valence-corrected chi connectivity index (χ2v) is 18.5. The first-order chi connectivity index (χ1) is 36.0. The molecule has 0 aliphatic rings. The van der Waals surface area contributed by atoms with E-state index in [0.717, 1.165) is 66.4 Å². The number of halogens is 6. The maximum Gasteiger partial charge on any atom is 0.417 e. The van der Waals surface area contributed by atoms with Crippen molar-refractivity contribution in [2.45, 2.75) is 12.4 Å². The van der Waals surface area contributed by atoms with Crippen LogP contribution in [0.1, 0.15) is 16.7 Å². The molecule has 14 aromatic rings. The molecule has 0 amide bonds. The van der Waals surface area contributed by atoms with Crippen molar-refractivity contribution in [3.05, 3.63) is 229 Å². The molecule has 10 aromatic carbocycles. The summed E-state index contributed by atoms with van der Waals surface area (Å²) in [6.07, 6.45) is -10.5. The van der Waals surface area contributed by atoms with Gasteiger partial charge in [0.15, 0.2) is 0 Å². The minimum absolute atomic E-state index is 0.132.